The van der Waals surface area contributed by atoms with E-state index in [-0.39, 0.29) is 18.9 Å². The molecule has 0 saturated carbocycles. The average Bonchev–Trinajstić information content (AvgIpc) is 3.04. The second-order valence-corrected chi connectivity index (χ2v) is 5.48. The number of ether oxygens (including phenoxy) is 3. The van der Waals surface area contributed by atoms with Crippen LogP contribution in [0.2, 0.25) is 0 Å². The van der Waals surface area contributed by atoms with Gasteiger partial charge in [0.05, 0.1) is 6.10 Å². The van der Waals surface area contributed by atoms with Crippen LogP contribution in [0.4, 0.5) is 10.5 Å². The predicted octanol–water partition coefficient (Wildman–Crippen LogP) is 3.23. The molecule has 2 aromatic rings. The second kappa shape index (κ2) is 7.23. The summed E-state index contributed by atoms with van der Waals surface area (Å²) in [5.74, 6) is 1.31. The number of carbonyl (C=O) groups excluding carboxylic acids is 1. The Balaban J connectivity index is 1.57. The lowest BCUT2D eigenvalue weighted by Crippen LogP contribution is -2.33. The van der Waals surface area contributed by atoms with E-state index in [1.807, 2.05) is 31.2 Å². The summed E-state index contributed by atoms with van der Waals surface area (Å²) in [4.78, 5) is 12.1. The van der Waals surface area contributed by atoms with Gasteiger partial charge in [-0.3, -0.25) is 0 Å². The molecular formula is C18H20N2O4. The zero-order valence-corrected chi connectivity index (χ0v) is 13.7. The van der Waals surface area contributed by atoms with Crippen LogP contribution in [-0.2, 0) is 4.74 Å². The van der Waals surface area contributed by atoms with Crippen LogP contribution in [0.5, 0.6) is 11.5 Å². The standard InChI is InChI=1S/C18H20N2O4/c1-12-5-3-4-6-14(12)17(22-2)10-19-18(21)20-13-7-8-15-16(9-13)24-11-23-15/h3-9,17H,10-11H2,1-2H3,(H2,19,20,21). The highest BCUT2D eigenvalue weighted by molar-refractivity contribution is 5.89. The molecule has 0 aromatic heterocycles. The number of carbonyl (C=O) groups is 1. The van der Waals surface area contributed by atoms with E-state index in [0.29, 0.717) is 23.7 Å². The van der Waals surface area contributed by atoms with Gasteiger partial charge >= 0.3 is 6.03 Å². The number of urea groups is 1. The number of hydrogen-bond acceptors (Lipinski definition) is 4. The second-order valence-electron chi connectivity index (χ2n) is 5.48. The van der Waals surface area contributed by atoms with Crippen molar-refractivity contribution in [2.45, 2.75) is 13.0 Å². The number of anilines is 1. The molecular weight excluding hydrogens is 308 g/mol. The van der Waals surface area contributed by atoms with Gasteiger partial charge in [-0.05, 0) is 30.2 Å². The van der Waals surface area contributed by atoms with Gasteiger partial charge < -0.3 is 24.8 Å². The Hall–Kier alpha value is -2.73. The Bertz CT molecular complexity index is 733. The minimum atomic E-state index is -0.301. The molecule has 24 heavy (non-hydrogen) atoms. The van der Waals surface area contributed by atoms with Crippen molar-refractivity contribution in [2.75, 3.05) is 25.8 Å². The molecule has 126 valence electrons. The maximum absolute atomic E-state index is 12.1. The van der Waals surface area contributed by atoms with Gasteiger partial charge in [-0.1, -0.05) is 24.3 Å². The molecule has 0 saturated heterocycles. The van der Waals surface area contributed by atoms with E-state index < -0.39 is 0 Å². The van der Waals surface area contributed by atoms with E-state index in [1.54, 1.807) is 25.3 Å². The first-order valence-corrected chi connectivity index (χ1v) is 7.70. The van der Waals surface area contributed by atoms with E-state index in [1.165, 1.54) is 0 Å². The number of hydrogen-bond donors (Lipinski definition) is 2. The summed E-state index contributed by atoms with van der Waals surface area (Å²) >= 11 is 0. The third-order valence-corrected chi connectivity index (χ3v) is 3.90. The molecule has 1 aliphatic rings. The summed E-state index contributed by atoms with van der Waals surface area (Å²) in [5, 5.41) is 5.60. The van der Waals surface area contributed by atoms with Crippen molar-refractivity contribution in [1.82, 2.24) is 5.32 Å². The Kier molecular flexibility index (Phi) is 4.86. The van der Waals surface area contributed by atoms with Gasteiger partial charge in [-0.15, -0.1) is 0 Å². The van der Waals surface area contributed by atoms with Crippen molar-refractivity contribution >= 4 is 11.7 Å². The zero-order chi connectivity index (χ0) is 16.9. The van der Waals surface area contributed by atoms with Crippen LogP contribution < -0.4 is 20.1 Å². The minimum Gasteiger partial charge on any atom is -0.454 e. The van der Waals surface area contributed by atoms with Gasteiger partial charge in [0.1, 0.15) is 0 Å². The summed E-state index contributed by atoms with van der Waals surface area (Å²) in [6.45, 7) is 2.60. The molecule has 1 unspecified atom stereocenters. The quantitative estimate of drug-likeness (QED) is 0.884. The van der Waals surface area contributed by atoms with Gasteiger partial charge in [-0.2, -0.15) is 0 Å². The molecule has 1 atom stereocenters. The van der Waals surface area contributed by atoms with E-state index in [9.17, 15) is 4.79 Å². The van der Waals surface area contributed by atoms with Crippen molar-refractivity contribution < 1.29 is 19.0 Å². The molecule has 0 aliphatic carbocycles. The number of rotatable bonds is 5. The largest absolute Gasteiger partial charge is 0.454 e. The first-order valence-electron chi connectivity index (χ1n) is 7.70. The van der Waals surface area contributed by atoms with Crippen LogP contribution in [0.15, 0.2) is 42.5 Å². The molecule has 6 nitrogen and oxygen atoms in total. The van der Waals surface area contributed by atoms with E-state index in [2.05, 4.69) is 10.6 Å². The van der Waals surface area contributed by atoms with Crippen LogP contribution >= 0.6 is 0 Å². The lowest BCUT2D eigenvalue weighted by molar-refractivity contribution is 0.104. The number of aryl methyl sites for hydroxylation is 1. The minimum absolute atomic E-state index is 0.200. The molecule has 2 N–H and O–H groups in total. The number of methoxy groups -OCH3 is 1. The Morgan fingerprint density at radius 2 is 2.00 bits per heavy atom. The first kappa shape index (κ1) is 16.1. The smallest absolute Gasteiger partial charge is 0.319 e. The SMILES string of the molecule is COC(CNC(=O)Nc1ccc2c(c1)OCO2)c1ccccc1C. The zero-order valence-electron chi connectivity index (χ0n) is 13.7. The van der Waals surface area contributed by atoms with E-state index in [4.69, 9.17) is 14.2 Å². The van der Waals surface area contributed by atoms with Gasteiger partial charge in [0, 0.05) is 25.4 Å². The molecule has 1 aliphatic heterocycles. The average molecular weight is 328 g/mol. The summed E-state index contributed by atoms with van der Waals surface area (Å²) in [7, 11) is 1.63. The first-order chi connectivity index (χ1) is 11.7. The van der Waals surface area contributed by atoms with Gasteiger partial charge in [0.25, 0.3) is 0 Å². The normalized spacial score (nSPS) is 13.4. The lowest BCUT2D eigenvalue weighted by atomic mass is 10.0. The van der Waals surface area contributed by atoms with Crippen LogP contribution in [0, 0.1) is 6.92 Å². The maximum Gasteiger partial charge on any atom is 0.319 e. The van der Waals surface area contributed by atoms with Crippen molar-refractivity contribution in [3.8, 4) is 11.5 Å². The molecule has 2 amide bonds. The maximum atomic E-state index is 12.1. The highest BCUT2D eigenvalue weighted by atomic mass is 16.7. The fourth-order valence-electron chi connectivity index (χ4n) is 2.60. The van der Waals surface area contributed by atoms with E-state index >= 15 is 0 Å². The van der Waals surface area contributed by atoms with Crippen LogP contribution in [0.1, 0.15) is 17.2 Å². The molecule has 0 bridgehead atoms. The summed E-state index contributed by atoms with van der Waals surface area (Å²) in [6.07, 6.45) is -0.200. The molecule has 2 aromatic carbocycles. The van der Waals surface area contributed by atoms with Crippen molar-refractivity contribution in [3.05, 3.63) is 53.6 Å². The summed E-state index contributed by atoms with van der Waals surface area (Å²) in [5.41, 5.74) is 2.83. The fourth-order valence-corrected chi connectivity index (χ4v) is 2.60. The highest BCUT2D eigenvalue weighted by Gasteiger charge is 2.16. The molecule has 0 fully saturated rings. The predicted molar refractivity (Wildman–Crippen MR) is 90.5 cm³/mol. The van der Waals surface area contributed by atoms with Gasteiger partial charge in [-0.25, -0.2) is 4.79 Å². The third kappa shape index (κ3) is 3.60. The molecule has 6 heteroatoms. The molecule has 1 heterocycles. The number of nitrogens with one attached hydrogen (secondary N) is 2. The Labute approximate surface area is 140 Å². The van der Waals surface area contributed by atoms with Gasteiger partial charge in [0.15, 0.2) is 11.5 Å². The summed E-state index contributed by atoms with van der Waals surface area (Å²) < 4.78 is 16.0. The molecule has 0 spiro atoms. The summed E-state index contributed by atoms with van der Waals surface area (Å²) in [6, 6.07) is 12.9. The van der Waals surface area contributed by atoms with Crippen LogP contribution in [0.25, 0.3) is 0 Å². The van der Waals surface area contributed by atoms with Gasteiger partial charge in [0.2, 0.25) is 6.79 Å². The van der Waals surface area contributed by atoms with Crippen LogP contribution in [0.3, 0.4) is 0 Å². The number of amides is 2. The van der Waals surface area contributed by atoms with Crippen LogP contribution in [-0.4, -0.2) is 26.5 Å². The van der Waals surface area contributed by atoms with E-state index in [0.717, 1.165) is 11.1 Å². The van der Waals surface area contributed by atoms with Crippen molar-refractivity contribution in [1.29, 1.82) is 0 Å². The molecule has 0 radical (unpaired) electrons. The number of benzene rings is 2. The third-order valence-electron chi connectivity index (χ3n) is 3.90. The van der Waals surface area contributed by atoms with Crippen molar-refractivity contribution in [2.24, 2.45) is 0 Å². The Morgan fingerprint density at radius 3 is 2.79 bits per heavy atom. The highest BCUT2D eigenvalue weighted by Crippen LogP contribution is 2.34. The Morgan fingerprint density at radius 1 is 1.21 bits per heavy atom. The fraction of sp³-hybridized carbons (Fsp3) is 0.278. The van der Waals surface area contributed by atoms with Crippen molar-refractivity contribution in [3.63, 3.8) is 0 Å². The topological polar surface area (TPSA) is 68.8 Å². The lowest BCUT2D eigenvalue weighted by Gasteiger charge is -2.18. The monoisotopic (exact) mass is 328 g/mol. The molecule has 3 rings (SSSR count). The number of fused-ring (bicyclic) bond motifs is 1.